The number of ether oxygens (including phenoxy) is 1. The number of rotatable bonds is 7. The highest BCUT2D eigenvalue weighted by atomic mass is 16.5. The van der Waals surface area contributed by atoms with E-state index < -0.39 is 0 Å². The standard InChI is InChI=1S/C15H20N4O/c1-3-4-8-20-15-9-14(18-12(2)19-15)17-11-13-6-5-7-16-10-13/h5-7,9-10H,3-4,8,11H2,1-2H3,(H,17,18,19). The van der Waals surface area contributed by atoms with E-state index in [1.165, 1.54) is 0 Å². The van der Waals surface area contributed by atoms with Gasteiger partial charge in [-0.25, -0.2) is 4.98 Å². The van der Waals surface area contributed by atoms with Gasteiger partial charge in [0.1, 0.15) is 11.6 Å². The molecule has 106 valence electrons. The van der Waals surface area contributed by atoms with Gasteiger partial charge in [0.25, 0.3) is 0 Å². The highest BCUT2D eigenvalue weighted by Crippen LogP contribution is 2.14. The lowest BCUT2D eigenvalue weighted by atomic mass is 10.3. The molecule has 0 radical (unpaired) electrons. The van der Waals surface area contributed by atoms with Crippen molar-refractivity contribution < 1.29 is 4.74 Å². The van der Waals surface area contributed by atoms with Crippen molar-refractivity contribution in [3.63, 3.8) is 0 Å². The Morgan fingerprint density at radius 1 is 1.30 bits per heavy atom. The normalized spacial score (nSPS) is 10.3. The molecule has 0 atom stereocenters. The zero-order chi connectivity index (χ0) is 14.2. The quantitative estimate of drug-likeness (QED) is 0.785. The van der Waals surface area contributed by atoms with Crippen LogP contribution in [0.4, 0.5) is 5.82 Å². The second-order valence-corrected chi connectivity index (χ2v) is 4.56. The molecular formula is C15H20N4O. The zero-order valence-corrected chi connectivity index (χ0v) is 12.0. The molecule has 0 saturated heterocycles. The Morgan fingerprint density at radius 3 is 2.95 bits per heavy atom. The SMILES string of the molecule is CCCCOc1cc(NCc2cccnc2)nc(C)n1. The van der Waals surface area contributed by atoms with Crippen molar-refractivity contribution in [1.29, 1.82) is 0 Å². The minimum absolute atomic E-state index is 0.625. The summed E-state index contributed by atoms with van der Waals surface area (Å²) in [6.45, 7) is 5.37. The molecule has 0 aliphatic heterocycles. The molecule has 0 fully saturated rings. The summed E-state index contributed by atoms with van der Waals surface area (Å²) in [5.74, 6) is 2.10. The van der Waals surface area contributed by atoms with Crippen LogP contribution in [0, 0.1) is 6.92 Å². The summed E-state index contributed by atoms with van der Waals surface area (Å²) in [5, 5.41) is 3.26. The lowest BCUT2D eigenvalue weighted by Crippen LogP contribution is -2.06. The molecular weight excluding hydrogens is 252 g/mol. The van der Waals surface area contributed by atoms with Gasteiger partial charge in [-0.2, -0.15) is 4.98 Å². The van der Waals surface area contributed by atoms with Crippen molar-refractivity contribution >= 4 is 5.82 Å². The fourth-order valence-electron chi connectivity index (χ4n) is 1.72. The summed E-state index contributed by atoms with van der Waals surface area (Å²) < 4.78 is 5.62. The van der Waals surface area contributed by atoms with Crippen molar-refractivity contribution in [3.8, 4) is 5.88 Å². The van der Waals surface area contributed by atoms with Gasteiger partial charge in [0, 0.05) is 25.0 Å². The number of anilines is 1. The first kappa shape index (κ1) is 14.2. The van der Waals surface area contributed by atoms with E-state index in [0.29, 0.717) is 24.9 Å². The fraction of sp³-hybridized carbons (Fsp3) is 0.400. The van der Waals surface area contributed by atoms with Crippen LogP contribution < -0.4 is 10.1 Å². The summed E-state index contributed by atoms with van der Waals surface area (Å²) >= 11 is 0. The van der Waals surface area contributed by atoms with Crippen LogP contribution in [0.25, 0.3) is 0 Å². The van der Waals surface area contributed by atoms with Crippen LogP contribution in [-0.2, 0) is 6.54 Å². The van der Waals surface area contributed by atoms with E-state index in [1.54, 1.807) is 6.20 Å². The second kappa shape index (κ2) is 7.43. The summed E-state index contributed by atoms with van der Waals surface area (Å²) in [4.78, 5) is 12.7. The van der Waals surface area contributed by atoms with E-state index >= 15 is 0 Å². The van der Waals surface area contributed by atoms with Gasteiger partial charge in [0.05, 0.1) is 6.61 Å². The van der Waals surface area contributed by atoms with E-state index in [0.717, 1.165) is 24.2 Å². The molecule has 20 heavy (non-hydrogen) atoms. The third kappa shape index (κ3) is 4.50. The molecule has 0 saturated carbocycles. The topological polar surface area (TPSA) is 59.9 Å². The van der Waals surface area contributed by atoms with Crippen molar-refractivity contribution in [1.82, 2.24) is 15.0 Å². The zero-order valence-electron chi connectivity index (χ0n) is 12.0. The van der Waals surface area contributed by atoms with E-state index in [-0.39, 0.29) is 0 Å². The summed E-state index contributed by atoms with van der Waals surface area (Å²) in [6.07, 6.45) is 5.73. The third-order valence-electron chi connectivity index (χ3n) is 2.76. The van der Waals surface area contributed by atoms with Crippen molar-refractivity contribution in [3.05, 3.63) is 42.0 Å². The van der Waals surface area contributed by atoms with Crippen LogP contribution in [0.5, 0.6) is 5.88 Å². The Morgan fingerprint density at radius 2 is 2.20 bits per heavy atom. The molecule has 5 heteroatoms. The molecule has 0 unspecified atom stereocenters. The molecule has 0 aliphatic carbocycles. The predicted molar refractivity (Wildman–Crippen MR) is 78.7 cm³/mol. The number of aryl methyl sites for hydroxylation is 1. The molecule has 0 amide bonds. The Balaban J connectivity index is 1.97. The average molecular weight is 272 g/mol. The molecule has 2 rings (SSSR count). The maximum Gasteiger partial charge on any atom is 0.218 e. The number of unbranched alkanes of at least 4 members (excludes halogenated alkanes) is 1. The Hall–Kier alpha value is -2.17. The predicted octanol–water partition coefficient (Wildman–Crippen LogP) is 2.97. The minimum Gasteiger partial charge on any atom is -0.478 e. The van der Waals surface area contributed by atoms with Gasteiger partial charge in [-0.15, -0.1) is 0 Å². The van der Waals surface area contributed by atoms with Gasteiger partial charge in [-0.3, -0.25) is 4.98 Å². The highest BCUT2D eigenvalue weighted by molar-refractivity contribution is 5.39. The largest absolute Gasteiger partial charge is 0.478 e. The first-order valence-electron chi connectivity index (χ1n) is 6.89. The van der Waals surface area contributed by atoms with E-state index in [1.807, 2.05) is 31.3 Å². The Labute approximate surface area is 119 Å². The van der Waals surface area contributed by atoms with Crippen LogP contribution >= 0.6 is 0 Å². The maximum atomic E-state index is 5.62. The van der Waals surface area contributed by atoms with Gasteiger partial charge in [0.2, 0.25) is 5.88 Å². The molecule has 0 spiro atoms. The molecule has 2 heterocycles. The number of hydrogen-bond acceptors (Lipinski definition) is 5. The second-order valence-electron chi connectivity index (χ2n) is 4.56. The van der Waals surface area contributed by atoms with Crippen molar-refractivity contribution in [2.75, 3.05) is 11.9 Å². The molecule has 5 nitrogen and oxygen atoms in total. The van der Waals surface area contributed by atoms with Crippen molar-refractivity contribution in [2.24, 2.45) is 0 Å². The van der Waals surface area contributed by atoms with Gasteiger partial charge in [-0.05, 0) is 25.0 Å². The number of nitrogens with zero attached hydrogens (tertiary/aromatic N) is 3. The molecule has 0 bridgehead atoms. The summed E-state index contributed by atoms with van der Waals surface area (Å²) in [7, 11) is 0. The molecule has 0 aromatic carbocycles. The first-order valence-corrected chi connectivity index (χ1v) is 6.89. The molecule has 0 aliphatic rings. The lowest BCUT2D eigenvalue weighted by Gasteiger charge is -2.09. The number of aromatic nitrogens is 3. The van der Waals surface area contributed by atoms with Crippen LogP contribution in [0.1, 0.15) is 31.2 Å². The smallest absolute Gasteiger partial charge is 0.218 e. The first-order chi connectivity index (χ1) is 9.78. The summed E-state index contributed by atoms with van der Waals surface area (Å²) in [6, 6.07) is 5.77. The van der Waals surface area contributed by atoms with Gasteiger partial charge in [-0.1, -0.05) is 19.4 Å². The van der Waals surface area contributed by atoms with E-state index in [2.05, 4.69) is 27.2 Å². The lowest BCUT2D eigenvalue weighted by molar-refractivity contribution is 0.296. The minimum atomic E-state index is 0.625. The van der Waals surface area contributed by atoms with Crippen LogP contribution in [0.3, 0.4) is 0 Å². The molecule has 2 aromatic heterocycles. The number of hydrogen-bond donors (Lipinski definition) is 1. The molecule has 2 aromatic rings. The van der Waals surface area contributed by atoms with Crippen LogP contribution in [0.15, 0.2) is 30.6 Å². The van der Waals surface area contributed by atoms with Gasteiger partial charge in [0.15, 0.2) is 0 Å². The Kier molecular flexibility index (Phi) is 5.29. The average Bonchev–Trinajstić information content (AvgIpc) is 2.46. The van der Waals surface area contributed by atoms with E-state index in [9.17, 15) is 0 Å². The number of nitrogens with one attached hydrogen (secondary N) is 1. The van der Waals surface area contributed by atoms with Crippen LogP contribution in [-0.4, -0.2) is 21.6 Å². The van der Waals surface area contributed by atoms with Gasteiger partial charge < -0.3 is 10.1 Å². The maximum absolute atomic E-state index is 5.62. The Bertz CT molecular complexity index is 531. The van der Waals surface area contributed by atoms with Gasteiger partial charge >= 0.3 is 0 Å². The fourth-order valence-corrected chi connectivity index (χ4v) is 1.72. The third-order valence-corrected chi connectivity index (χ3v) is 2.76. The highest BCUT2D eigenvalue weighted by Gasteiger charge is 2.03. The van der Waals surface area contributed by atoms with Crippen molar-refractivity contribution in [2.45, 2.75) is 33.2 Å². The molecule has 1 N–H and O–H groups in total. The van der Waals surface area contributed by atoms with E-state index in [4.69, 9.17) is 4.74 Å². The monoisotopic (exact) mass is 272 g/mol. The summed E-state index contributed by atoms with van der Waals surface area (Å²) in [5.41, 5.74) is 1.11. The van der Waals surface area contributed by atoms with Crippen LogP contribution in [0.2, 0.25) is 0 Å². The number of pyridine rings is 1.